The van der Waals surface area contributed by atoms with Gasteiger partial charge in [-0.3, -0.25) is 0 Å². The Morgan fingerprint density at radius 3 is 2.95 bits per heavy atom. The fourth-order valence-electron chi connectivity index (χ4n) is 2.79. The zero-order chi connectivity index (χ0) is 14.0. The van der Waals surface area contributed by atoms with Crippen molar-refractivity contribution in [3.63, 3.8) is 0 Å². The quantitative estimate of drug-likeness (QED) is 0.875. The van der Waals surface area contributed by atoms with E-state index in [-0.39, 0.29) is 11.5 Å². The molecule has 1 heterocycles. The molecule has 0 saturated heterocycles. The number of fused-ring (bicyclic) bond motifs is 1. The zero-order valence-corrected chi connectivity index (χ0v) is 13.6. The van der Waals surface area contributed by atoms with E-state index in [1.54, 1.807) is 11.3 Å². The van der Waals surface area contributed by atoms with Crippen LogP contribution in [0.25, 0.3) is 0 Å². The van der Waals surface area contributed by atoms with E-state index in [4.69, 9.17) is 11.6 Å². The maximum atomic E-state index is 10.1. The van der Waals surface area contributed by atoms with Crippen molar-refractivity contribution in [3.8, 4) is 0 Å². The lowest BCUT2D eigenvalue weighted by Gasteiger charge is -2.27. The van der Waals surface area contributed by atoms with E-state index in [1.807, 2.05) is 0 Å². The molecule has 1 aromatic heterocycles. The summed E-state index contributed by atoms with van der Waals surface area (Å²) in [4.78, 5) is 1.42. The molecular weight excluding hydrogens is 278 g/mol. The Morgan fingerprint density at radius 2 is 2.26 bits per heavy atom. The van der Waals surface area contributed by atoms with E-state index in [0.29, 0.717) is 12.6 Å². The number of nitrogens with one attached hydrogen (secondary N) is 1. The molecule has 108 valence electrons. The van der Waals surface area contributed by atoms with E-state index in [1.165, 1.54) is 16.9 Å². The van der Waals surface area contributed by atoms with E-state index in [9.17, 15) is 5.11 Å². The van der Waals surface area contributed by atoms with Gasteiger partial charge in [0.25, 0.3) is 0 Å². The smallest absolute Gasteiger partial charge is 0.0934 e. The first-order valence-electron chi connectivity index (χ1n) is 7.05. The Hall–Kier alpha value is -0.0900. The fraction of sp³-hybridized carbons (Fsp3) is 0.733. The van der Waals surface area contributed by atoms with Crippen LogP contribution in [0.3, 0.4) is 0 Å². The second-order valence-electron chi connectivity index (χ2n) is 6.70. The van der Waals surface area contributed by atoms with Gasteiger partial charge in [-0.1, -0.05) is 32.4 Å². The molecule has 0 spiro atoms. The molecule has 1 aromatic rings. The van der Waals surface area contributed by atoms with Crippen LogP contribution in [0, 0.1) is 5.41 Å². The average Bonchev–Trinajstić information content (AvgIpc) is 2.64. The topological polar surface area (TPSA) is 32.3 Å². The average molecular weight is 302 g/mol. The number of hydrogen-bond donors (Lipinski definition) is 2. The summed E-state index contributed by atoms with van der Waals surface area (Å²) in [5.74, 6) is 0. The lowest BCUT2D eigenvalue weighted by molar-refractivity contribution is 0.115. The van der Waals surface area contributed by atoms with Gasteiger partial charge in [0, 0.05) is 17.5 Å². The number of rotatable bonds is 4. The second-order valence-corrected chi connectivity index (χ2v) is 8.47. The molecule has 0 amide bonds. The van der Waals surface area contributed by atoms with Crippen LogP contribution in [-0.4, -0.2) is 17.8 Å². The van der Waals surface area contributed by atoms with Gasteiger partial charge in [-0.05, 0) is 42.7 Å². The van der Waals surface area contributed by atoms with Crippen molar-refractivity contribution in [2.24, 2.45) is 5.41 Å². The molecular formula is C15H24ClNOS. The zero-order valence-electron chi connectivity index (χ0n) is 12.0. The first-order chi connectivity index (χ1) is 8.85. The lowest BCUT2D eigenvalue weighted by atomic mass is 9.88. The van der Waals surface area contributed by atoms with Crippen molar-refractivity contribution in [3.05, 3.63) is 20.8 Å². The van der Waals surface area contributed by atoms with Crippen molar-refractivity contribution in [1.82, 2.24) is 5.32 Å². The molecule has 2 nitrogen and oxygen atoms in total. The molecule has 2 N–H and O–H groups in total. The van der Waals surface area contributed by atoms with Crippen LogP contribution in [-0.2, 0) is 6.42 Å². The summed E-state index contributed by atoms with van der Waals surface area (Å²) in [6.45, 7) is 7.14. The number of aliphatic hydroxyl groups is 1. The van der Waals surface area contributed by atoms with Gasteiger partial charge >= 0.3 is 0 Å². The van der Waals surface area contributed by atoms with E-state index >= 15 is 0 Å². The minimum Gasteiger partial charge on any atom is -0.392 e. The highest BCUT2D eigenvalue weighted by atomic mass is 35.5. The third kappa shape index (κ3) is 4.45. The second kappa shape index (κ2) is 6.13. The summed E-state index contributed by atoms with van der Waals surface area (Å²) in [7, 11) is 0. The van der Waals surface area contributed by atoms with Crippen molar-refractivity contribution >= 4 is 22.9 Å². The summed E-state index contributed by atoms with van der Waals surface area (Å²) in [5.41, 5.74) is 1.52. The SMILES string of the molecule is CC(C)(C)CC(O)CNC1CCCc2sc(Cl)cc21. The minimum absolute atomic E-state index is 0.171. The molecule has 0 radical (unpaired) electrons. The molecule has 4 heteroatoms. The number of halogens is 1. The highest BCUT2D eigenvalue weighted by molar-refractivity contribution is 7.16. The molecule has 0 bridgehead atoms. The van der Waals surface area contributed by atoms with Gasteiger partial charge in [0.15, 0.2) is 0 Å². The van der Waals surface area contributed by atoms with Crippen LogP contribution in [0.2, 0.25) is 4.34 Å². The first-order valence-corrected chi connectivity index (χ1v) is 8.24. The molecule has 0 aromatic carbocycles. The normalized spacial score (nSPS) is 21.2. The highest BCUT2D eigenvalue weighted by Gasteiger charge is 2.24. The lowest BCUT2D eigenvalue weighted by Crippen LogP contribution is -2.33. The Bertz CT molecular complexity index is 424. The third-order valence-electron chi connectivity index (χ3n) is 3.53. The maximum Gasteiger partial charge on any atom is 0.0934 e. The van der Waals surface area contributed by atoms with E-state index in [0.717, 1.165) is 23.6 Å². The van der Waals surface area contributed by atoms with Crippen molar-refractivity contribution in [2.45, 2.75) is 58.6 Å². The molecule has 0 saturated carbocycles. The molecule has 19 heavy (non-hydrogen) atoms. The third-order valence-corrected chi connectivity index (χ3v) is 4.87. The predicted octanol–water partition coefficient (Wildman–Crippen LogP) is 4.17. The molecule has 0 fully saturated rings. The maximum absolute atomic E-state index is 10.1. The number of thiophene rings is 1. The van der Waals surface area contributed by atoms with Gasteiger partial charge in [-0.15, -0.1) is 11.3 Å². The van der Waals surface area contributed by atoms with Gasteiger partial charge in [-0.25, -0.2) is 0 Å². The molecule has 1 aliphatic rings. The van der Waals surface area contributed by atoms with Crippen LogP contribution in [0.5, 0.6) is 0 Å². The molecule has 2 atom stereocenters. The summed E-state index contributed by atoms with van der Waals surface area (Å²) < 4.78 is 0.883. The standard InChI is InChI=1S/C15H24ClNOS/c1-15(2,3)8-10(18)9-17-12-5-4-6-13-11(12)7-14(16)19-13/h7,10,12,17-18H,4-6,8-9H2,1-3H3. The van der Waals surface area contributed by atoms with Crippen LogP contribution in [0.1, 0.15) is 56.5 Å². The molecule has 1 aliphatic carbocycles. The first kappa shape index (κ1) is 15.3. The van der Waals surface area contributed by atoms with Gasteiger partial charge in [-0.2, -0.15) is 0 Å². The van der Waals surface area contributed by atoms with Gasteiger partial charge < -0.3 is 10.4 Å². The van der Waals surface area contributed by atoms with Gasteiger partial charge in [0.05, 0.1) is 10.4 Å². The highest BCUT2D eigenvalue weighted by Crippen LogP contribution is 2.37. The van der Waals surface area contributed by atoms with Crippen LogP contribution in [0.15, 0.2) is 6.07 Å². The van der Waals surface area contributed by atoms with Crippen molar-refractivity contribution in [2.75, 3.05) is 6.54 Å². The summed E-state index contributed by atoms with van der Waals surface area (Å²) in [6.07, 6.45) is 4.04. The molecule has 2 rings (SSSR count). The van der Waals surface area contributed by atoms with Gasteiger partial charge in [0.2, 0.25) is 0 Å². The Morgan fingerprint density at radius 1 is 1.53 bits per heavy atom. The minimum atomic E-state index is -0.278. The summed E-state index contributed by atoms with van der Waals surface area (Å²) >= 11 is 7.81. The van der Waals surface area contributed by atoms with Crippen LogP contribution >= 0.6 is 22.9 Å². The van der Waals surface area contributed by atoms with E-state index < -0.39 is 0 Å². The monoisotopic (exact) mass is 301 g/mol. The van der Waals surface area contributed by atoms with Gasteiger partial charge in [0.1, 0.15) is 0 Å². The van der Waals surface area contributed by atoms with Crippen LogP contribution < -0.4 is 5.32 Å². The number of aliphatic hydroxyl groups excluding tert-OH is 1. The molecule has 2 unspecified atom stereocenters. The Kier molecular flexibility index (Phi) is 4.93. The summed E-state index contributed by atoms with van der Waals surface area (Å²) in [6, 6.07) is 2.45. The Labute approximate surface area is 125 Å². The van der Waals surface area contributed by atoms with Crippen LogP contribution in [0.4, 0.5) is 0 Å². The fourth-order valence-corrected chi connectivity index (χ4v) is 4.17. The number of aryl methyl sites for hydroxylation is 1. The molecule has 0 aliphatic heterocycles. The summed E-state index contributed by atoms with van der Waals surface area (Å²) in [5, 5.41) is 13.6. The predicted molar refractivity (Wildman–Crippen MR) is 83.1 cm³/mol. The Balaban J connectivity index is 1.90. The largest absolute Gasteiger partial charge is 0.392 e. The van der Waals surface area contributed by atoms with E-state index in [2.05, 4.69) is 32.2 Å². The van der Waals surface area contributed by atoms with Crippen molar-refractivity contribution < 1.29 is 5.11 Å². The van der Waals surface area contributed by atoms with Crippen molar-refractivity contribution in [1.29, 1.82) is 0 Å². The number of hydrogen-bond acceptors (Lipinski definition) is 3.